The van der Waals surface area contributed by atoms with Gasteiger partial charge in [0.25, 0.3) is 5.56 Å². The summed E-state index contributed by atoms with van der Waals surface area (Å²) >= 11 is 2.88. The van der Waals surface area contributed by atoms with Crippen LogP contribution in [-0.4, -0.2) is 34.1 Å². The molecule has 1 amide bonds. The lowest BCUT2D eigenvalue weighted by molar-refractivity contribution is -0.113. The molecule has 0 unspecified atom stereocenters. The Morgan fingerprint density at radius 1 is 1.19 bits per heavy atom. The van der Waals surface area contributed by atoms with Crippen LogP contribution in [0.2, 0.25) is 0 Å². The Morgan fingerprint density at radius 2 is 1.97 bits per heavy atom. The minimum atomic E-state index is -0.145. The molecule has 2 aromatic carbocycles. The van der Waals surface area contributed by atoms with Gasteiger partial charge in [-0.1, -0.05) is 42.1 Å². The van der Waals surface area contributed by atoms with Crippen LogP contribution >= 0.6 is 23.5 Å². The zero-order valence-electron chi connectivity index (χ0n) is 17.2. The maximum Gasteiger partial charge on any atom is 0.268 e. The zero-order valence-corrected chi connectivity index (χ0v) is 18.8. The number of methoxy groups -OCH3 is 1. The lowest BCUT2D eigenvalue weighted by Gasteiger charge is -2.14. The number of thioether (sulfide) groups is 2. The minimum absolute atomic E-state index is 0.00138. The zero-order chi connectivity index (χ0) is 21.6. The third-order valence-electron chi connectivity index (χ3n) is 4.92. The van der Waals surface area contributed by atoms with E-state index in [4.69, 9.17) is 9.72 Å². The van der Waals surface area contributed by atoms with Crippen LogP contribution in [0.5, 0.6) is 5.75 Å². The van der Waals surface area contributed by atoms with Crippen molar-refractivity contribution in [3.05, 3.63) is 76.2 Å². The molecule has 6 nitrogen and oxygen atoms in total. The number of fused-ring (bicyclic) bond motifs is 1. The molecule has 0 aliphatic carbocycles. The summed E-state index contributed by atoms with van der Waals surface area (Å²) in [4.78, 5) is 31.0. The third-order valence-corrected chi connectivity index (χ3v) is 7.00. The van der Waals surface area contributed by atoms with E-state index in [9.17, 15) is 9.59 Å². The molecule has 0 fully saturated rings. The van der Waals surface area contributed by atoms with E-state index >= 15 is 0 Å². The SMILES string of the molecule is COc1ccc(NC(=O)CSc2nc3c(c(=O)n2CCc2ccccc2)SCC3)cc1. The van der Waals surface area contributed by atoms with Crippen molar-refractivity contribution in [1.29, 1.82) is 0 Å². The highest BCUT2D eigenvalue weighted by Crippen LogP contribution is 2.29. The maximum absolute atomic E-state index is 13.1. The number of hydrogen-bond acceptors (Lipinski definition) is 6. The summed E-state index contributed by atoms with van der Waals surface area (Å²) in [6.45, 7) is 0.534. The Morgan fingerprint density at radius 3 is 2.71 bits per heavy atom. The predicted molar refractivity (Wildman–Crippen MR) is 125 cm³/mol. The number of amides is 1. The van der Waals surface area contributed by atoms with Crippen LogP contribution in [0.1, 0.15) is 11.3 Å². The second kappa shape index (κ2) is 10.1. The molecule has 160 valence electrons. The largest absolute Gasteiger partial charge is 0.497 e. The molecule has 0 saturated carbocycles. The van der Waals surface area contributed by atoms with Crippen molar-refractivity contribution in [3.63, 3.8) is 0 Å². The van der Waals surface area contributed by atoms with Crippen LogP contribution in [0.25, 0.3) is 0 Å². The van der Waals surface area contributed by atoms with Crippen molar-refractivity contribution in [2.75, 3.05) is 23.9 Å². The van der Waals surface area contributed by atoms with Crippen LogP contribution in [0.4, 0.5) is 5.69 Å². The van der Waals surface area contributed by atoms with Crippen LogP contribution in [-0.2, 0) is 24.2 Å². The van der Waals surface area contributed by atoms with Gasteiger partial charge in [-0.05, 0) is 36.2 Å². The number of benzene rings is 2. The lowest BCUT2D eigenvalue weighted by Crippen LogP contribution is -2.27. The molecular formula is C23H23N3O3S2. The highest BCUT2D eigenvalue weighted by Gasteiger charge is 2.22. The summed E-state index contributed by atoms with van der Waals surface area (Å²) < 4.78 is 6.85. The van der Waals surface area contributed by atoms with Gasteiger partial charge in [0.1, 0.15) is 5.75 Å². The fourth-order valence-electron chi connectivity index (χ4n) is 3.32. The predicted octanol–water partition coefficient (Wildman–Crippen LogP) is 3.87. The number of nitrogens with one attached hydrogen (secondary N) is 1. The molecule has 4 rings (SSSR count). The van der Waals surface area contributed by atoms with Gasteiger partial charge in [-0.25, -0.2) is 4.98 Å². The molecular weight excluding hydrogens is 430 g/mol. The van der Waals surface area contributed by atoms with E-state index < -0.39 is 0 Å². The number of hydrogen-bond donors (Lipinski definition) is 1. The van der Waals surface area contributed by atoms with Crippen LogP contribution in [0, 0.1) is 0 Å². The molecule has 8 heteroatoms. The number of aromatic nitrogens is 2. The first kappa shape index (κ1) is 21.5. The second-order valence-electron chi connectivity index (χ2n) is 7.03. The first-order chi connectivity index (χ1) is 15.1. The molecule has 1 aliphatic heterocycles. The third kappa shape index (κ3) is 5.32. The minimum Gasteiger partial charge on any atom is -0.497 e. The average Bonchev–Trinajstić information content (AvgIpc) is 3.27. The molecule has 31 heavy (non-hydrogen) atoms. The van der Waals surface area contributed by atoms with Gasteiger partial charge in [0.15, 0.2) is 5.16 Å². The number of aryl methyl sites for hydroxylation is 2. The number of carbonyl (C=O) groups is 1. The molecule has 1 N–H and O–H groups in total. The first-order valence-corrected chi connectivity index (χ1v) is 12.0. The highest BCUT2D eigenvalue weighted by atomic mass is 32.2. The van der Waals surface area contributed by atoms with Gasteiger partial charge in [0.05, 0.1) is 23.5 Å². The summed E-state index contributed by atoms with van der Waals surface area (Å²) in [6, 6.07) is 17.2. The molecule has 2 heterocycles. The number of anilines is 1. The highest BCUT2D eigenvalue weighted by molar-refractivity contribution is 8.00. The van der Waals surface area contributed by atoms with Crippen molar-refractivity contribution >= 4 is 35.1 Å². The summed E-state index contributed by atoms with van der Waals surface area (Å²) in [5.41, 5.74) is 2.72. The van der Waals surface area contributed by atoms with Crippen molar-refractivity contribution in [2.24, 2.45) is 0 Å². The Hall–Kier alpha value is -2.71. The maximum atomic E-state index is 13.1. The van der Waals surface area contributed by atoms with Crippen LogP contribution < -0.4 is 15.6 Å². The van der Waals surface area contributed by atoms with Crippen molar-refractivity contribution in [2.45, 2.75) is 29.4 Å². The molecule has 1 aliphatic rings. The molecule has 0 saturated heterocycles. The summed E-state index contributed by atoms with van der Waals surface area (Å²) in [5, 5.41) is 3.48. The number of nitrogens with zero attached hydrogens (tertiary/aromatic N) is 2. The molecule has 1 aromatic heterocycles. The standard InChI is InChI=1S/C23H23N3O3S2/c1-29-18-9-7-17(8-10-18)24-20(27)15-31-23-25-19-12-14-30-21(19)22(28)26(23)13-11-16-5-3-2-4-6-16/h2-10H,11-15H2,1H3,(H,24,27). The van der Waals surface area contributed by atoms with Gasteiger partial charge in [-0.15, -0.1) is 11.8 Å². The van der Waals surface area contributed by atoms with Gasteiger partial charge >= 0.3 is 0 Å². The quantitative estimate of drug-likeness (QED) is 0.412. The number of carbonyl (C=O) groups excluding carboxylic acids is 1. The van der Waals surface area contributed by atoms with Gasteiger partial charge < -0.3 is 10.1 Å². The van der Waals surface area contributed by atoms with Crippen LogP contribution in [0.3, 0.4) is 0 Å². The topological polar surface area (TPSA) is 73.2 Å². The Labute approximate surface area is 189 Å². The normalized spacial score (nSPS) is 12.4. The van der Waals surface area contributed by atoms with E-state index in [1.807, 2.05) is 18.2 Å². The summed E-state index contributed by atoms with van der Waals surface area (Å²) in [7, 11) is 1.60. The van der Waals surface area contributed by atoms with E-state index in [1.165, 1.54) is 11.8 Å². The molecule has 0 atom stereocenters. The van der Waals surface area contributed by atoms with E-state index in [-0.39, 0.29) is 17.2 Å². The first-order valence-electron chi connectivity index (χ1n) is 10.0. The van der Waals surface area contributed by atoms with E-state index in [0.29, 0.717) is 17.4 Å². The van der Waals surface area contributed by atoms with Crippen molar-refractivity contribution < 1.29 is 9.53 Å². The molecule has 0 bridgehead atoms. The van der Waals surface area contributed by atoms with Crippen molar-refractivity contribution in [1.82, 2.24) is 9.55 Å². The number of rotatable bonds is 8. The van der Waals surface area contributed by atoms with Gasteiger partial charge in [0.2, 0.25) is 5.91 Å². The van der Waals surface area contributed by atoms with E-state index in [2.05, 4.69) is 17.4 Å². The van der Waals surface area contributed by atoms with Crippen LogP contribution in [0.15, 0.2) is 69.4 Å². The summed E-state index contributed by atoms with van der Waals surface area (Å²) in [6.07, 6.45) is 1.53. The Bertz CT molecular complexity index is 1120. The summed E-state index contributed by atoms with van der Waals surface area (Å²) in [5.74, 6) is 1.64. The molecule has 0 spiro atoms. The van der Waals surface area contributed by atoms with Crippen molar-refractivity contribution in [3.8, 4) is 5.75 Å². The molecule has 3 aromatic rings. The smallest absolute Gasteiger partial charge is 0.268 e. The average molecular weight is 454 g/mol. The fourth-order valence-corrected chi connectivity index (χ4v) is 5.20. The van der Waals surface area contributed by atoms with Gasteiger partial charge in [0, 0.05) is 24.4 Å². The van der Waals surface area contributed by atoms with E-state index in [1.54, 1.807) is 47.7 Å². The monoisotopic (exact) mass is 453 g/mol. The number of ether oxygens (including phenoxy) is 1. The molecule has 0 radical (unpaired) electrons. The van der Waals surface area contributed by atoms with Gasteiger partial charge in [-0.2, -0.15) is 0 Å². The lowest BCUT2D eigenvalue weighted by atomic mass is 10.1. The second-order valence-corrected chi connectivity index (χ2v) is 9.07. The Kier molecular flexibility index (Phi) is 6.99. The fraction of sp³-hybridized carbons (Fsp3) is 0.261. The van der Waals surface area contributed by atoms with Gasteiger partial charge in [-0.3, -0.25) is 14.2 Å². The Balaban J connectivity index is 1.47. The van der Waals surface area contributed by atoms with E-state index in [0.717, 1.165) is 40.5 Å².